The van der Waals surface area contributed by atoms with Crippen LogP contribution < -0.4 is 11.1 Å². The van der Waals surface area contributed by atoms with E-state index in [9.17, 15) is 4.79 Å². The lowest BCUT2D eigenvalue weighted by Crippen LogP contribution is -2.58. The predicted molar refractivity (Wildman–Crippen MR) is 59.5 cm³/mol. The predicted octanol–water partition coefficient (Wildman–Crippen LogP) is 0.949. The molecule has 0 bridgehead atoms. The molecule has 1 aromatic rings. The van der Waals surface area contributed by atoms with E-state index in [1.54, 1.807) is 11.3 Å². The van der Waals surface area contributed by atoms with E-state index in [4.69, 9.17) is 5.73 Å². The Hall–Kier alpha value is -0.940. The van der Waals surface area contributed by atoms with Gasteiger partial charge in [-0.2, -0.15) is 0 Å². The summed E-state index contributed by atoms with van der Waals surface area (Å²) in [6.07, 6.45) is 2.66. The maximum atomic E-state index is 11.7. The third-order valence-electron chi connectivity index (χ3n) is 2.79. The summed E-state index contributed by atoms with van der Waals surface area (Å²) in [5.41, 5.74) is 6.19. The van der Waals surface area contributed by atoms with Crippen molar-refractivity contribution in [2.45, 2.75) is 38.3 Å². The first-order valence-corrected chi connectivity index (χ1v) is 5.96. The second-order valence-corrected chi connectivity index (χ2v) is 5.11. The van der Waals surface area contributed by atoms with Gasteiger partial charge in [0.2, 0.25) is 5.91 Å². The van der Waals surface area contributed by atoms with Gasteiger partial charge in [0, 0.05) is 5.38 Å². The third-order valence-corrected chi connectivity index (χ3v) is 3.62. The quantitative estimate of drug-likeness (QED) is 0.804. The Balaban J connectivity index is 1.85. The first-order valence-electron chi connectivity index (χ1n) is 5.08. The lowest BCUT2D eigenvalue weighted by Gasteiger charge is -2.36. The molecule has 15 heavy (non-hydrogen) atoms. The molecule has 0 aromatic carbocycles. The van der Waals surface area contributed by atoms with Crippen molar-refractivity contribution in [3.8, 4) is 0 Å². The molecule has 1 amide bonds. The Labute approximate surface area is 92.9 Å². The van der Waals surface area contributed by atoms with Gasteiger partial charge in [-0.25, -0.2) is 4.98 Å². The highest BCUT2D eigenvalue weighted by atomic mass is 32.1. The second kappa shape index (κ2) is 3.90. The lowest BCUT2D eigenvalue weighted by atomic mass is 9.77. The van der Waals surface area contributed by atoms with E-state index >= 15 is 0 Å². The van der Waals surface area contributed by atoms with E-state index in [2.05, 4.69) is 10.3 Å². The topological polar surface area (TPSA) is 68.0 Å². The largest absolute Gasteiger partial charge is 0.349 e. The van der Waals surface area contributed by atoms with Crippen LogP contribution in [0.5, 0.6) is 0 Å². The van der Waals surface area contributed by atoms with Gasteiger partial charge in [0.1, 0.15) is 0 Å². The molecular formula is C10H15N3OS. The van der Waals surface area contributed by atoms with E-state index < -0.39 is 5.54 Å². The van der Waals surface area contributed by atoms with Gasteiger partial charge in [-0.3, -0.25) is 4.79 Å². The summed E-state index contributed by atoms with van der Waals surface area (Å²) in [6.45, 7) is 2.44. The molecule has 1 heterocycles. The molecule has 5 heteroatoms. The Bertz CT molecular complexity index is 370. The van der Waals surface area contributed by atoms with Crippen LogP contribution in [0.2, 0.25) is 0 Å². The van der Waals surface area contributed by atoms with Crippen LogP contribution in [0.25, 0.3) is 0 Å². The van der Waals surface area contributed by atoms with Crippen LogP contribution >= 0.6 is 11.3 Å². The van der Waals surface area contributed by atoms with Crippen LogP contribution in [0, 0.1) is 6.92 Å². The zero-order valence-corrected chi connectivity index (χ0v) is 9.56. The monoisotopic (exact) mass is 225 g/mol. The molecule has 1 fully saturated rings. The molecule has 0 spiro atoms. The van der Waals surface area contributed by atoms with E-state index in [0.717, 1.165) is 30.0 Å². The van der Waals surface area contributed by atoms with Crippen molar-refractivity contribution in [3.05, 3.63) is 16.1 Å². The van der Waals surface area contributed by atoms with Crippen LogP contribution in [0.4, 0.5) is 0 Å². The van der Waals surface area contributed by atoms with Gasteiger partial charge in [0.25, 0.3) is 0 Å². The molecule has 0 aliphatic heterocycles. The van der Waals surface area contributed by atoms with E-state index in [0.29, 0.717) is 6.54 Å². The average Bonchev–Trinajstić information content (AvgIpc) is 2.57. The summed E-state index contributed by atoms with van der Waals surface area (Å²) in [4.78, 5) is 15.9. The SMILES string of the molecule is Cc1nc(CNC(=O)C2(N)CCC2)cs1. The number of amides is 1. The van der Waals surface area contributed by atoms with Crippen LogP contribution in [0.3, 0.4) is 0 Å². The zero-order chi connectivity index (χ0) is 10.9. The summed E-state index contributed by atoms with van der Waals surface area (Å²) in [6, 6.07) is 0. The van der Waals surface area contributed by atoms with Gasteiger partial charge in [0.05, 0.1) is 22.8 Å². The minimum atomic E-state index is -0.606. The van der Waals surface area contributed by atoms with Crippen LogP contribution in [-0.4, -0.2) is 16.4 Å². The number of rotatable bonds is 3. The second-order valence-electron chi connectivity index (χ2n) is 4.05. The van der Waals surface area contributed by atoms with Gasteiger partial charge in [0.15, 0.2) is 0 Å². The molecule has 0 saturated heterocycles. The minimum absolute atomic E-state index is 0.0422. The number of aryl methyl sites for hydroxylation is 1. The molecule has 2 rings (SSSR count). The molecular weight excluding hydrogens is 210 g/mol. The zero-order valence-electron chi connectivity index (χ0n) is 8.75. The maximum Gasteiger partial charge on any atom is 0.240 e. The Morgan fingerprint density at radius 3 is 2.93 bits per heavy atom. The Kier molecular flexibility index (Phi) is 2.75. The normalized spacial score (nSPS) is 18.3. The van der Waals surface area contributed by atoms with Gasteiger partial charge in [-0.05, 0) is 26.2 Å². The van der Waals surface area contributed by atoms with Crippen molar-refractivity contribution in [1.29, 1.82) is 0 Å². The number of carbonyl (C=O) groups is 1. The highest BCUT2D eigenvalue weighted by molar-refractivity contribution is 7.09. The number of thiazole rings is 1. The summed E-state index contributed by atoms with van der Waals surface area (Å²) in [7, 11) is 0. The molecule has 1 aliphatic rings. The molecule has 4 nitrogen and oxygen atoms in total. The fourth-order valence-electron chi connectivity index (χ4n) is 1.62. The molecule has 1 saturated carbocycles. The number of carbonyl (C=O) groups excluding carboxylic acids is 1. The molecule has 0 atom stereocenters. The van der Waals surface area contributed by atoms with Gasteiger partial charge in [-0.15, -0.1) is 11.3 Å². The average molecular weight is 225 g/mol. The number of hydrogen-bond acceptors (Lipinski definition) is 4. The molecule has 1 aromatic heterocycles. The smallest absolute Gasteiger partial charge is 0.240 e. The molecule has 82 valence electrons. The van der Waals surface area contributed by atoms with E-state index in [1.165, 1.54) is 0 Å². The molecule has 0 radical (unpaired) electrons. The van der Waals surface area contributed by atoms with Crippen molar-refractivity contribution >= 4 is 17.2 Å². The number of nitrogens with two attached hydrogens (primary N) is 1. The van der Waals surface area contributed by atoms with E-state index in [-0.39, 0.29) is 5.91 Å². The van der Waals surface area contributed by atoms with E-state index in [1.807, 2.05) is 12.3 Å². The molecule has 0 unspecified atom stereocenters. The fraction of sp³-hybridized carbons (Fsp3) is 0.600. The first-order chi connectivity index (χ1) is 7.10. The van der Waals surface area contributed by atoms with Gasteiger partial charge < -0.3 is 11.1 Å². The van der Waals surface area contributed by atoms with Gasteiger partial charge >= 0.3 is 0 Å². The lowest BCUT2D eigenvalue weighted by molar-refractivity contribution is -0.129. The minimum Gasteiger partial charge on any atom is -0.349 e. The maximum absolute atomic E-state index is 11.7. The van der Waals surface area contributed by atoms with Crippen LogP contribution in [0.15, 0.2) is 5.38 Å². The van der Waals surface area contributed by atoms with Crippen LogP contribution in [-0.2, 0) is 11.3 Å². The molecule has 3 N–H and O–H groups in total. The van der Waals surface area contributed by atoms with Crippen molar-refractivity contribution in [2.24, 2.45) is 5.73 Å². The summed E-state index contributed by atoms with van der Waals surface area (Å²) in [5, 5.41) is 5.81. The number of aromatic nitrogens is 1. The van der Waals surface area contributed by atoms with Crippen molar-refractivity contribution in [2.75, 3.05) is 0 Å². The fourth-order valence-corrected chi connectivity index (χ4v) is 2.23. The number of nitrogens with one attached hydrogen (secondary N) is 1. The van der Waals surface area contributed by atoms with Gasteiger partial charge in [-0.1, -0.05) is 0 Å². The summed E-state index contributed by atoms with van der Waals surface area (Å²) in [5.74, 6) is -0.0422. The number of hydrogen-bond donors (Lipinski definition) is 2. The summed E-state index contributed by atoms with van der Waals surface area (Å²) >= 11 is 1.59. The standard InChI is InChI=1S/C10H15N3OS/c1-7-13-8(6-15-7)5-12-9(14)10(11)3-2-4-10/h6H,2-5,11H2,1H3,(H,12,14). The van der Waals surface area contributed by atoms with Crippen molar-refractivity contribution < 1.29 is 4.79 Å². The first kappa shape index (κ1) is 10.6. The molecule has 1 aliphatic carbocycles. The Morgan fingerprint density at radius 1 is 1.73 bits per heavy atom. The van der Waals surface area contributed by atoms with Crippen molar-refractivity contribution in [3.63, 3.8) is 0 Å². The third kappa shape index (κ3) is 2.18. The highest BCUT2D eigenvalue weighted by Crippen LogP contribution is 2.29. The highest BCUT2D eigenvalue weighted by Gasteiger charge is 2.39. The van der Waals surface area contributed by atoms with Crippen LogP contribution in [0.1, 0.15) is 30.0 Å². The Morgan fingerprint density at radius 2 is 2.47 bits per heavy atom. The summed E-state index contributed by atoms with van der Waals surface area (Å²) < 4.78 is 0. The van der Waals surface area contributed by atoms with Crippen molar-refractivity contribution in [1.82, 2.24) is 10.3 Å². The number of nitrogens with zero attached hydrogens (tertiary/aromatic N) is 1.